The molecule has 0 bridgehead atoms. The molecular weight excluding hydrogens is 1290 g/mol. The van der Waals surface area contributed by atoms with Gasteiger partial charge in [-0.2, -0.15) is 0 Å². The number of rotatable bonds is 77. The summed E-state index contributed by atoms with van der Waals surface area (Å²) in [5, 5.41) is 10.6. The van der Waals surface area contributed by atoms with Crippen LogP contribution in [-0.2, 0) is 65.4 Å². The lowest BCUT2D eigenvalue weighted by Crippen LogP contribution is -2.30. The molecule has 0 aliphatic rings. The first-order valence-corrected chi connectivity index (χ1v) is 44.2. The smallest absolute Gasteiger partial charge is 0.462 e. The van der Waals surface area contributed by atoms with E-state index < -0.39 is 97.5 Å². The van der Waals surface area contributed by atoms with Crippen LogP contribution in [0, 0.1) is 23.7 Å². The van der Waals surface area contributed by atoms with Crippen LogP contribution in [0.15, 0.2) is 0 Å². The third kappa shape index (κ3) is 72.8. The third-order valence-electron chi connectivity index (χ3n) is 18.9. The lowest BCUT2D eigenvalue weighted by molar-refractivity contribution is -0.161. The summed E-state index contributed by atoms with van der Waals surface area (Å²) in [6.07, 6.45) is 55.8. The van der Waals surface area contributed by atoms with Crippen molar-refractivity contribution in [3.8, 4) is 0 Å². The maximum atomic E-state index is 13.1. The summed E-state index contributed by atoms with van der Waals surface area (Å²) in [6.45, 7) is 14.2. The topological polar surface area (TPSA) is 237 Å². The molecule has 0 saturated carbocycles. The van der Waals surface area contributed by atoms with Gasteiger partial charge in [0.2, 0.25) is 0 Å². The van der Waals surface area contributed by atoms with E-state index in [-0.39, 0.29) is 25.7 Å². The quantitative estimate of drug-likeness (QED) is 0.0222. The number of carbonyl (C=O) groups excluding carboxylic acids is 4. The van der Waals surface area contributed by atoms with Crippen LogP contribution in [0.25, 0.3) is 0 Å². The fourth-order valence-corrected chi connectivity index (χ4v) is 13.8. The number of phosphoric ester groups is 2. The Hall–Kier alpha value is -1.94. The maximum Gasteiger partial charge on any atom is 0.472 e. The molecule has 0 fully saturated rings. The van der Waals surface area contributed by atoms with Crippen molar-refractivity contribution in [3.63, 3.8) is 0 Å². The Morgan fingerprint density at radius 2 is 0.485 bits per heavy atom. The second kappa shape index (κ2) is 69.1. The summed E-state index contributed by atoms with van der Waals surface area (Å²) < 4.78 is 68.6. The van der Waals surface area contributed by atoms with Crippen LogP contribution in [0.3, 0.4) is 0 Å². The van der Waals surface area contributed by atoms with Crippen molar-refractivity contribution in [3.05, 3.63) is 0 Å². The first-order valence-electron chi connectivity index (χ1n) is 41.2. The molecule has 3 unspecified atom stereocenters. The van der Waals surface area contributed by atoms with Crippen molar-refractivity contribution in [1.29, 1.82) is 0 Å². The van der Waals surface area contributed by atoms with Gasteiger partial charge in [-0.05, 0) is 49.4 Å². The molecule has 0 amide bonds. The lowest BCUT2D eigenvalue weighted by atomic mass is 9.99. The molecule has 0 radical (unpaired) electrons. The Labute approximate surface area is 607 Å². The van der Waals surface area contributed by atoms with Crippen LogP contribution in [0.1, 0.15) is 409 Å². The summed E-state index contributed by atoms with van der Waals surface area (Å²) in [4.78, 5) is 72.9. The zero-order valence-electron chi connectivity index (χ0n) is 65.1. The average molecular weight is 1450 g/mol. The lowest BCUT2D eigenvalue weighted by Gasteiger charge is -2.21. The zero-order chi connectivity index (χ0) is 73.1. The number of carbonyl (C=O) groups is 4. The van der Waals surface area contributed by atoms with E-state index >= 15 is 0 Å². The van der Waals surface area contributed by atoms with E-state index in [1.807, 2.05) is 0 Å². The molecule has 0 aromatic carbocycles. The van der Waals surface area contributed by atoms with Crippen molar-refractivity contribution in [1.82, 2.24) is 0 Å². The Morgan fingerprint density at radius 3 is 0.717 bits per heavy atom. The van der Waals surface area contributed by atoms with Gasteiger partial charge in [-0.25, -0.2) is 9.13 Å². The molecule has 3 N–H and O–H groups in total. The average Bonchev–Trinajstić information content (AvgIpc) is 0.973. The molecule has 0 saturated heterocycles. The van der Waals surface area contributed by atoms with Gasteiger partial charge in [-0.1, -0.05) is 357 Å². The molecule has 0 aromatic rings. The number of unbranched alkanes of at least 4 members (excludes halogenated alkanes) is 42. The maximum absolute atomic E-state index is 13.1. The van der Waals surface area contributed by atoms with E-state index in [0.29, 0.717) is 31.6 Å². The molecule has 17 nitrogen and oxygen atoms in total. The van der Waals surface area contributed by atoms with E-state index in [1.54, 1.807) is 0 Å². The normalized spacial score (nSPS) is 14.3. The number of phosphoric acid groups is 2. The Kier molecular flexibility index (Phi) is 67.8. The SMILES string of the molecule is CCC(C)CCCCCCCCCCCCCCCCCCCCC(=O)O[C@H](COC(=O)CCCCCCCCC(C)C)COP(=O)(O)OC[C@H](O)COP(=O)(O)OC[C@@H](COC(=O)CCCCCCCCCCCCCCCCC(C)C)OC(=O)CCCCCCCCCCC(C)C. The second-order valence-corrected chi connectivity index (χ2v) is 33.4. The molecule has 588 valence electrons. The minimum absolute atomic E-state index is 0.104. The highest BCUT2D eigenvalue weighted by Gasteiger charge is 2.30. The van der Waals surface area contributed by atoms with Crippen molar-refractivity contribution < 1.29 is 80.2 Å². The Bertz CT molecular complexity index is 1940. The summed E-state index contributed by atoms with van der Waals surface area (Å²) >= 11 is 0. The van der Waals surface area contributed by atoms with Crippen molar-refractivity contribution in [2.24, 2.45) is 23.7 Å². The van der Waals surface area contributed by atoms with Crippen LogP contribution >= 0.6 is 15.6 Å². The zero-order valence-corrected chi connectivity index (χ0v) is 66.9. The fraction of sp³-hybridized carbons (Fsp3) is 0.950. The molecule has 0 rings (SSSR count). The van der Waals surface area contributed by atoms with Gasteiger partial charge in [-0.15, -0.1) is 0 Å². The number of esters is 4. The Balaban J connectivity index is 5.14. The van der Waals surface area contributed by atoms with Crippen LogP contribution < -0.4 is 0 Å². The number of aliphatic hydroxyl groups excluding tert-OH is 1. The molecule has 0 aliphatic heterocycles. The van der Waals surface area contributed by atoms with E-state index in [4.69, 9.17) is 37.0 Å². The summed E-state index contributed by atoms with van der Waals surface area (Å²) in [7, 11) is -9.92. The molecule has 6 atom stereocenters. The van der Waals surface area contributed by atoms with Gasteiger partial charge in [0.25, 0.3) is 0 Å². The van der Waals surface area contributed by atoms with Gasteiger partial charge < -0.3 is 33.8 Å². The summed E-state index contributed by atoms with van der Waals surface area (Å²) in [5.41, 5.74) is 0. The highest BCUT2D eigenvalue weighted by Crippen LogP contribution is 2.45. The number of hydrogen-bond acceptors (Lipinski definition) is 15. The fourth-order valence-electron chi connectivity index (χ4n) is 12.2. The molecule has 99 heavy (non-hydrogen) atoms. The van der Waals surface area contributed by atoms with Crippen molar-refractivity contribution in [2.75, 3.05) is 39.6 Å². The van der Waals surface area contributed by atoms with Crippen molar-refractivity contribution >= 4 is 39.5 Å². The minimum Gasteiger partial charge on any atom is -0.462 e. The molecule has 0 heterocycles. The van der Waals surface area contributed by atoms with Gasteiger partial charge in [0, 0.05) is 25.7 Å². The largest absolute Gasteiger partial charge is 0.472 e. The number of ether oxygens (including phenoxy) is 4. The molecule has 0 aliphatic carbocycles. The highest BCUT2D eigenvalue weighted by molar-refractivity contribution is 7.47. The summed E-state index contributed by atoms with van der Waals surface area (Å²) in [5.74, 6) is 0.948. The molecule has 19 heteroatoms. The van der Waals surface area contributed by atoms with Gasteiger partial charge >= 0.3 is 39.5 Å². The Morgan fingerprint density at radius 1 is 0.283 bits per heavy atom. The number of hydrogen-bond donors (Lipinski definition) is 3. The van der Waals surface area contributed by atoms with Crippen LogP contribution in [-0.4, -0.2) is 96.7 Å². The van der Waals surface area contributed by atoms with Crippen molar-refractivity contribution in [2.45, 2.75) is 427 Å². The van der Waals surface area contributed by atoms with E-state index in [1.165, 1.54) is 205 Å². The molecule has 0 aromatic heterocycles. The number of aliphatic hydroxyl groups is 1. The second-order valence-electron chi connectivity index (χ2n) is 30.5. The monoisotopic (exact) mass is 1450 g/mol. The predicted molar refractivity (Wildman–Crippen MR) is 404 cm³/mol. The first-order chi connectivity index (χ1) is 47.6. The van der Waals surface area contributed by atoms with Crippen LogP contribution in [0.5, 0.6) is 0 Å². The predicted octanol–water partition coefficient (Wildman–Crippen LogP) is 23.6. The third-order valence-corrected chi connectivity index (χ3v) is 20.8. The van der Waals surface area contributed by atoms with E-state index in [2.05, 4.69) is 55.4 Å². The minimum atomic E-state index is -4.96. The molecular formula is C80H156O17P2. The molecule has 0 spiro atoms. The van der Waals surface area contributed by atoms with Gasteiger partial charge in [0.15, 0.2) is 12.2 Å². The van der Waals surface area contributed by atoms with Crippen LogP contribution in [0.2, 0.25) is 0 Å². The van der Waals surface area contributed by atoms with Gasteiger partial charge in [0.1, 0.15) is 19.3 Å². The first kappa shape index (κ1) is 97.1. The summed E-state index contributed by atoms with van der Waals surface area (Å²) in [6, 6.07) is 0. The van der Waals surface area contributed by atoms with E-state index in [9.17, 15) is 43.2 Å². The standard InChI is InChI=1S/C80H156O17P2/c1-9-73(8)59-51-43-34-27-23-19-14-12-10-11-13-15-21-25-29-36-46-54-62-79(84)96-76(67-91-78(83)61-53-45-39-38-42-50-58-72(6)7)69-95-99(88,89)93-65-74(81)64-92-98(86,87)94-68-75(97-80(85)63-55-47-37-31-30-33-41-49-57-71(4)5)66-90-77(82)60-52-44-35-28-24-20-17-16-18-22-26-32-40-48-56-70(2)3/h70-76,81H,9-69H2,1-8H3,(H,86,87)(H,88,89)/t73?,74-,75-,76-/m1/s1. The van der Waals surface area contributed by atoms with E-state index in [0.717, 1.165) is 114 Å². The highest BCUT2D eigenvalue weighted by atomic mass is 31.2. The van der Waals surface area contributed by atoms with Gasteiger partial charge in [0.05, 0.1) is 26.4 Å². The van der Waals surface area contributed by atoms with Crippen LogP contribution in [0.4, 0.5) is 0 Å². The van der Waals surface area contributed by atoms with Gasteiger partial charge in [-0.3, -0.25) is 37.3 Å².